The summed E-state index contributed by atoms with van der Waals surface area (Å²) in [6, 6.07) is 0.189. The van der Waals surface area contributed by atoms with Crippen LogP contribution < -0.4 is 5.32 Å². The number of aromatic nitrogens is 2. The minimum atomic E-state index is -0.143. The van der Waals surface area contributed by atoms with Crippen molar-refractivity contribution in [1.29, 1.82) is 0 Å². The van der Waals surface area contributed by atoms with Crippen molar-refractivity contribution >= 4 is 11.7 Å². The summed E-state index contributed by atoms with van der Waals surface area (Å²) >= 11 is 0. The molecule has 0 aromatic carbocycles. The van der Waals surface area contributed by atoms with Crippen LogP contribution in [0, 0.1) is 12.8 Å². The Labute approximate surface area is 106 Å². The first-order valence-electron chi connectivity index (χ1n) is 6.53. The number of amides is 1. The third-order valence-corrected chi connectivity index (χ3v) is 3.82. The molecule has 1 atom stereocenters. The largest absolute Gasteiger partial charge is 0.346 e. The lowest BCUT2D eigenvalue weighted by Gasteiger charge is -2.24. The van der Waals surface area contributed by atoms with Crippen LogP contribution in [0.25, 0.3) is 0 Å². The predicted octanol–water partition coefficient (Wildman–Crippen LogP) is 1.31. The molecule has 96 valence electrons. The Kier molecular flexibility index (Phi) is 2.50. The highest BCUT2D eigenvalue weighted by Crippen LogP contribution is 2.35. The summed E-state index contributed by atoms with van der Waals surface area (Å²) in [5, 5.41) is 7.38. The Hall–Kier alpha value is -1.65. The van der Waals surface area contributed by atoms with Gasteiger partial charge in [-0.3, -0.25) is 14.3 Å². The number of nitrogens with zero attached hydrogens (tertiary/aromatic N) is 2. The molecule has 2 heterocycles. The van der Waals surface area contributed by atoms with E-state index in [9.17, 15) is 9.59 Å². The van der Waals surface area contributed by atoms with Crippen LogP contribution in [-0.4, -0.2) is 27.5 Å². The number of ketones is 1. The van der Waals surface area contributed by atoms with Gasteiger partial charge in [0.2, 0.25) is 0 Å². The Morgan fingerprint density at radius 3 is 2.83 bits per heavy atom. The van der Waals surface area contributed by atoms with Crippen LogP contribution in [0.3, 0.4) is 0 Å². The van der Waals surface area contributed by atoms with E-state index in [0.29, 0.717) is 35.8 Å². The molecule has 1 amide bonds. The molecule has 0 radical (unpaired) electrons. The molecule has 2 aliphatic rings. The molecule has 1 aliphatic heterocycles. The monoisotopic (exact) mass is 247 g/mol. The molecule has 1 fully saturated rings. The van der Waals surface area contributed by atoms with E-state index in [0.717, 1.165) is 0 Å². The molecular formula is C13H17N3O2. The van der Waals surface area contributed by atoms with Crippen molar-refractivity contribution in [2.75, 3.05) is 0 Å². The number of Topliss-reactive ketones (excluding diaryl/α,β-unsaturated/α-hetero) is 1. The SMILES string of the molecule is CCC(=O)c1c(C)nn2c1C(=O)NC(C1CC1)C2. The molecule has 1 unspecified atom stereocenters. The fourth-order valence-corrected chi connectivity index (χ4v) is 2.69. The van der Waals surface area contributed by atoms with Gasteiger partial charge in [0.15, 0.2) is 5.78 Å². The fourth-order valence-electron chi connectivity index (χ4n) is 2.69. The van der Waals surface area contributed by atoms with Crippen LogP contribution in [0.2, 0.25) is 0 Å². The van der Waals surface area contributed by atoms with E-state index in [-0.39, 0.29) is 17.7 Å². The molecule has 0 bridgehead atoms. The minimum Gasteiger partial charge on any atom is -0.346 e. The van der Waals surface area contributed by atoms with Crippen molar-refractivity contribution < 1.29 is 9.59 Å². The molecule has 5 heteroatoms. The van der Waals surface area contributed by atoms with Crippen molar-refractivity contribution in [2.24, 2.45) is 5.92 Å². The number of nitrogens with one attached hydrogen (secondary N) is 1. The number of carbonyl (C=O) groups is 2. The standard InChI is InChI=1S/C13H17N3O2/c1-3-10(17)11-7(2)15-16-6-9(8-4-5-8)14-13(18)12(11)16/h8-9H,3-6H2,1-2H3,(H,14,18). The zero-order valence-corrected chi connectivity index (χ0v) is 10.7. The highest BCUT2D eigenvalue weighted by Gasteiger charge is 2.38. The average molecular weight is 247 g/mol. The van der Waals surface area contributed by atoms with Crippen LogP contribution in [0.5, 0.6) is 0 Å². The lowest BCUT2D eigenvalue weighted by Crippen LogP contribution is -2.46. The van der Waals surface area contributed by atoms with Gasteiger partial charge in [-0.1, -0.05) is 6.92 Å². The van der Waals surface area contributed by atoms with E-state index in [1.165, 1.54) is 12.8 Å². The second-order valence-electron chi connectivity index (χ2n) is 5.19. The van der Waals surface area contributed by atoms with Gasteiger partial charge in [-0.15, -0.1) is 0 Å². The molecule has 1 aromatic rings. The molecule has 1 aliphatic carbocycles. The number of hydrogen-bond acceptors (Lipinski definition) is 3. The van der Waals surface area contributed by atoms with E-state index >= 15 is 0 Å². The summed E-state index contributed by atoms with van der Waals surface area (Å²) in [6.45, 7) is 4.30. The maximum atomic E-state index is 12.2. The second kappa shape index (κ2) is 3.93. The van der Waals surface area contributed by atoms with Crippen LogP contribution in [-0.2, 0) is 6.54 Å². The van der Waals surface area contributed by atoms with Gasteiger partial charge in [0.1, 0.15) is 5.69 Å². The predicted molar refractivity (Wildman–Crippen MR) is 65.6 cm³/mol. The molecule has 0 spiro atoms. The quantitative estimate of drug-likeness (QED) is 0.819. The van der Waals surface area contributed by atoms with Gasteiger partial charge in [-0.2, -0.15) is 5.10 Å². The van der Waals surface area contributed by atoms with Crippen molar-refractivity contribution in [1.82, 2.24) is 15.1 Å². The molecule has 0 saturated heterocycles. The molecule has 1 saturated carbocycles. The van der Waals surface area contributed by atoms with Gasteiger partial charge in [0.05, 0.1) is 23.8 Å². The Morgan fingerprint density at radius 2 is 2.22 bits per heavy atom. The van der Waals surface area contributed by atoms with Crippen molar-refractivity contribution in [3.8, 4) is 0 Å². The van der Waals surface area contributed by atoms with E-state index < -0.39 is 0 Å². The first-order chi connectivity index (χ1) is 8.61. The molecule has 5 nitrogen and oxygen atoms in total. The van der Waals surface area contributed by atoms with Gasteiger partial charge in [0.25, 0.3) is 5.91 Å². The zero-order chi connectivity index (χ0) is 12.9. The number of rotatable bonds is 3. The summed E-state index contributed by atoms with van der Waals surface area (Å²) in [5.74, 6) is 0.446. The summed E-state index contributed by atoms with van der Waals surface area (Å²) in [6.07, 6.45) is 2.77. The van der Waals surface area contributed by atoms with Crippen LogP contribution in [0.15, 0.2) is 0 Å². The van der Waals surface area contributed by atoms with Gasteiger partial charge in [0, 0.05) is 6.42 Å². The normalized spacial score (nSPS) is 22.6. The Balaban J connectivity index is 2.01. The van der Waals surface area contributed by atoms with E-state index in [4.69, 9.17) is 0 Å². The fraction of sp³-hybridized carbons (Fsp3) is 0.615. The van der Waals surface area contributed by atoms with Crippen LogP contribution >= 0.6 is 0 Å². The van der Waals surface area contributed by atoms with E-state index in [1.54, 1.807) is 18.5 Å². The topological polar surface area (TPSA) is 64.0 Å². The van der Waals surface area contributed by atoms with E-state index in [2.05, 4.69) is 10.4 Å². The van der Waals surface area contributed by atoms with Gasteiger partial charge >= 0.3 is 0 Å². The van der Waals surface area contributed by atoms with Crippen molar-refractivity contribution in [3.63, 3.8) is 0 Å². The van der Waals surface area contributed by atoms with E-state index in [1.807, 2.05) is 0 Å². The third-order valence-electron chi connectivity index (χ3n) is 3.82. The summed E-state index contributed by atoms with van der Waals surface area (Å²) in [5.41, 5.74) is 1.63. The lowest BCUT2D eigenvalue weighted by atomic mass is 10.0. The summed E-state index contributed by atoms with van der Waals surface area (Å²) < 4.78 is 1.72. The average Bonchev–Trinajstić information content (AvgIpc) is 3.12. The third kappa shape index (κ3) is 1.65. The minimum absolute atomic E-state index is 0.00577. The van der Waals surface area contributed by atoms with Crippen molar-refractivity contribution in [3.05, 3.63) is 17.0 Å². The maximum Gasteiger partial charge on any atom is 0.270 e. The Bertz CT molecular complexity index is 529. The van der Waals surface area contributed by atoms with Gasteiger partial charge < -0.3 is 5.32 Å². The van der Waals surface area contributed by atoms with Crippen LogP contribution in [0.4, 0.5) is 0 Å². The summed E-state index contributed by atoms with van der Waals surface area (Å²) in [7, 11) is 0. The first kappa shape index (κ1) is 11.4. The lowest BCUT2D eigenvalue weighted by molar-refractivity contribution is 0.0875. The number of hydrogen-bond donors (Lipinski definition) is 1. The number of carbonyl (C=O) groups excluding carboxylic acids is 2. The van der Waals surface area contributed by atoms with Crippen molar-refractivity contribution in [2.45, 2.75) is 45.7 Å². The number of fused-ring (bicyclic) bond motifs is 1. The highest BCUT2D eigenvalue weighted by molar-refractivity contribution is 6.08. The number of aryl methyl sites for hydroxylation is 1. The van der Waals surface area contributed by atoms with Crippen LogP contribution in [0.1, 0.15) is 52.7 Å². The molecular weight excluding hydrogens is 230 g/mol. The second-order valence-corrected chi connectivity index (χ2v) is 5.19. The maximum absolute atomic E-state index is 12.2. The molecule has 3 rings (SSSR count). The smallest absolute Gasteiger partial charge is 0.270 e. The Morgan fingerprint density at radius 1 is 1.50 bits per heavy atom. The zero-order valence-electron chi connectivity index (χ0n) is 10.7. The van der Waals surface area contributed by atoms with Gasteiger partial charge in [-0.05, 0) is 25.7 Å². The highest BCUT2D eigenvalue weighted by atomic mass is 16.2. The molecule has 18 heavy (non-hydrogen) atoms. The first-order valence-corrected chi connectivity index (χ1v) is 6.53. The molecule has 1 N–H and O–H groups in total. The summed E-state index contributed by atoms with van der Waals surface area (Å²) in [4.78, 5) is 24.1. The van der Waals surface area contributed by atoms with Gasteiger partial charge in [-0.25, -0.2) is 0 Å². The molecule has 1 aromatic heterocycles.